The van der Waals surface area contributed by atoms with Gasteiger partial charge in [-0.05, 0) is 114 Å². The van der Waals surface area contributed by atoms with E-state index >= 15 is 0 Å². The molecule has 1 radical (unpaired) electrons. The molecule has 58 heavy (non-hydrogen) atoms. The van der Waals surface area contributed by atoms with Crippen LogP contribution in [0.25, 0.3) is 94.0 Å². The molecule has 6 aromatic carbocycles. The maximum atomic E-state index is 10.7. The SMILES string of the molecule is CC(C)(O)C(C)(C)O[B]c1ccc2c3ccc(-c4cccc5c4c4ccccc4n5-c4nc(-c5ccncc5)nc(-c5ccncc5)n4)cc3c3ccccc3c2c1. The molecule has 0 bridgehead atoms. The van der Waals surface area contributed by atoms with Gasteiger partial charge in [-0.2, -0.15) is 9.97 Å². The van der Waals surface area contributed by atoms with E-state index in [1.807, 2.05) is 38.1 Å². The summed E-state index contributed by atoms with van der Waals surface area (Å²) in [5, 5.41) is 19.9. The van der Waals surface area contributed by atoms with Crippen molar-refractivity contribution in [2.75, 3.05) is 0 Å². The zero-order valence-electron chi connectivity index (χ0n) is 32.5. The summed E-state index contributed by atoms with van der Waals surface area (Å²) in [5.74, 6) is 1.65. The van der Waals surface area contributed by atoms with Crippen molar-refractivity contribution < 1.29 is 9.76 Å². The molecule has 0 amide bonds. The second-order valence-corrected chi connectivity index (χ2v) is 15.7. The van der Waals surface area contributed by atoms with E-state index in [1.54, 1.807) is 46.1 Å². The van der Waals surface area contributed by atoms with Gasteiger partial charge >= 0.3 is 7.48 Å². The summed E-state index contributed by atoms with van der Waals surface area (Å²) in [4.78, 5) is 23.5. The summed E-state index contributed by atoms with van der Waals surface area (Å²) in [7, 11) is 1.76. The number of aromatic nitrogens is 6. The molecule has 4 heterocycles. The lowest BCUT2D eigenvalue weighted by Crippen LogP contribution is -2.49. The molecule has 0 aliphatic rings. The number of hydrogen-bond acceptors (Lipinski definition) is 7. The van der Waals surface area contributed by atoms with Crippen LogP contribution in [0.2, 0.25) is 0 Å². The van der Waals surface area contributed by atoms with Crippen molar-refractivity contribution in [3.63, 3.8) is 0 Å². The van der Waals surface area contributed by atoms with Crippen molar-refractivity contribution in [2.45, 2.75) is 38.9 Å². The Morgan fingerprint density at radius 3 is 1.71 bits per heavy atom. The molecule has 0 aliphatic heterocycles. The van der Waals surface area contributed by atoms with E-state index in [9.17, 15) is 5.11 Å². The van der Waals surface area contributed by atoms with E-state index in [1.165, 1.54) is 26.9 Å². The molecule has 0 fully saturated rings. The molecule has 0 aliphatic carbocycles. The quantitative estimate of drug-likeness (QED) is 0.122. The topological polar surface area (TPSA) is 98.8 Å². The molecular formula is C49H38BN6O2. The second-order valence-electron chi connectivity index (χ2n) is 15.7. The molecule has 0 saturated heterocycles. The zero-order valence-corrected chi connectivity index (χ0v) is 32.5. The fourth-order valence-electron chi connectivity index (χ4n) is 7.78. The Morgan fingerprint density at radius 2 is 1.07 bits per heavy atom. The normalized spacial score (nSPS) is 12.3. The van der Waals surface area contributed by atoms with Crippen molar-refractivity contribution in [1.82, 2.24) is 29.5 Å². The number of nitrogens with zero attached hydrogens (tertiary/aromatic N) is 6. The zero-order chi connectivity index (χ0) is 39.6. The maximum Gasteiger partial charge on any atom is 0.330 e. The van der Waals surface area contributed by atoms with Gasteiger partial charge in [0, 0.05) is 46.7 Å². The summed E-state index contributed by atoms with van der Waals surface area (Å²) in [6, 6.07) is 44.4. The number of para-hydroxylation sites is 1. The average Bonchev–Trinajstić information content (AvgIpc) is 3.60. The molecule has 10 rings (SSSR count). The number of benzene rings is 6. The van der Waals surface area contributed by atoms with Crippen LogP contribution in [0.4, 0.5) is 0 Å². The fraction of sp³-hybridized carbons (Fsp3) is 0.122. The smallest absolute Gasteiger partial charge is 0.330 e. The van der Waals surface area contributed by atoms with Gasteiger partial charge in [-0.25, -0.2) is 4.98 Å². The molecule has 4 aromatic heterocycles. The molecule has 10 aromatic rings. The summed E-state index contributed by atoms with van der Waals surface area (Å²) in [6.07, 6.45) is 7.00. The number of fused-ring (bicyclic) bond motifs is 9. The van der Waals surface area contributed by atoms with Crippen molar-refractivity contribution in [3.05, 3.63) is 152 Å². The first-order chi connectivity index (χ1) is 28.1. The maximum absolute atomic E-state index is 10.7. The van der Waals surface area contributed by atoms with Crippen LogP contribution in [0.5, 0.6) is 0 Å². The van der Waals surface area contributed by atoms with E-state index in [4.69, 9.17) is 19.6 Å². The van der Waals surface area contributed by atoms with Gasteiger partial charge in [0.15, 0.2) is 11.6 Å². The van der Waals surface area contributed by atoms with E-state index < -0.39 is 11.2 Å². The number of rotatable bonds is 8. The van der Waals surface area contributed by atoms with Gasteiger partial charge in [0.2, 0.25) is 5.95 Å². The second kappa shape index (κ2) is 13.7. The van der Waals surface area contributed by atoms with Crippen molar-refractivity contribution in [2.24, 2.45) is 0 Å². The van der Waals surface area contributed by atoms with Gasteiger partial charge in [-0.15, -0.1) is 0 Å². The lowest BCUT2D eigenvalue weighted by Gasteiger charge is -2.37. The van der Waals surface area contributed by atoms with Gasteiger partial charge < -0.3 is 9.76 Å². The van der Waals surface area contributed by atoms with Crippen LogP contribution < -0.4 is 5.46 Å². The third kappa shape index (κ3) is 5.98. The fourth-order valence-corrected chi connectivity index (χ4v) is 7.78. The van der Waals surface area contributed by atoms with Gasteiger partial charge in [0.1, 0.15) is 0 Å². The predicted octanol–water partition coefficient (Wildman–Crippen LogP) is 10.0. The Bertz CT molecular complexity index is 3120. The van der Waals surface area contributed by atoms with Crippen LogP contribution in [0.3, 0.4) is 0 Å². The average molecular weight is 754 g/mol. The van der Waals surface area contributed by atoms with Crippen LogP contribution in [0.1, 0.15) is 27.7 Å². The van der Waals surface area contributed by atoms with E-state index in [-0.39, 0.29) is 0 Å². The molecule has 1 N–H and O–H groups in total. The van der Waals surface area contributed by atoms with Crippen LogP contribution in [0.15, 0.2) is 152 Å². The Balaban J connectivity index is 1.15. The minimum atomic E-state index is -1.01. The molecule has 0 spiro atoms. The Morgan fingerprint density at radius 1 is 0.517 bits per heavy atom. The molecule has 279 valence electrons. The highest BCUT2D eigenvalue weighted by molar-refractivity contribution is 6.48. The Labute approximate surface area is 336 Å². The van der Waals surface area contributed by atoms with Gasteiger partial charge in [-0.3, -0.25) is 14.5 Å². The summed E-state index contributed by atoms with van der Waals surface area (Å²) < 4.78 is 8.30. The first kappa shape index (κ1) is 35.6. The Hall–Kier alpha value is -6.81. The lowest BCUT2D eigenvalue weighted by molar-refractivity contribution is -0.0893. The standard InChI is InChI=1S/C49H38BN6O2/c1-48(2,57)49(3,4)58-50-33-17-19-38-37-18-16-32(28-40(37)35-10-5-6-11-36(35)41(38)29-33)34-13-9-15-43-44(34)39-12-7-8-14-42(39)56(43)47-54-45(30-20-24-51-25-21-30)53-46(55-47)31-22-26-52-27-23-31/h5-29,57H,1-4H3. The van der Waals surface area contributed by atoms with Crippen LogP contribution in [-0.2, 0) is 4.65 Å². The first-order valence-corrected chi connectivity index (χ1v) is 19.4. The van der Waals surface area contributed by atoms with Gasteiger partial charge in [0.05, 0.1) is 22.2 Å². The largest absolute Gasteiger partial charge is 0.427 e. The lowest BCUT2D eigenvalue weighted by atomic mass is 9.81. The predicted molar refractivity (Wildman–Crippen MR) is 235 cm³/mol. The monoisotopic (exact) mass is 753 g/mol. The summed E-state index contributed by atoms with van der Waals surface area (Å²) >= 11 is 0. The molecule has 0 saturated carbocycles. The van der Waals surface area contributed by atoms with Crippen LogP contribution in [-0.4, -0.2) is 53.3 Å². The van der Waals surface area contributed by atoms with Crippen LogP contribution >= 0.6 is 0 Å². The molecule has 0 unspecified atom stereocenters. The van der Waals surface area contributed by atoms with Crippen molar-refractivity contribution in [1.29, 1.82) is 0 Å². The highest BCUT2D eigenvalue weighted by atomic mass is 16.5. The molecule has 8 nitrogen and oxygen atoms in total. The number of pyridine rings is 2. The highest BCUT2D eigenvalue weighted by Gasteiger charge is 2.35. The summed E-state index contributed by atoms with van der Waals surface area (Å²) in [5.41, 5.74) is 5.08. The van der Waals surface area contributed by atoms with Crippen molar-refractivity contribution >= 4 is 67.1 Å². The minimum Gasteiger partial charge on any atom is -0.427 e. The first-order valence-electron chi connectivity index (χ1n) is 19.4. The van der Waals surface area contributed by atoms with Gasteiger partial charge in [0.25, 0.3) is 0 Å². The third-order valence-corrected chi connectivity index (χ3v) is 11.5. The van der Waals surface area contributed by atoms with Gasteiger partial charge in [-0.1, -0.05) is 90.4 Å². The van der Waals surface area contributed by atoms with Crippen molar-refractivity contribution in [3.8, 4) is 39.9 Å². The Kier molecular flexibility index (Phi) is 8.40. The van der Waals surface area contributed by atoms with Crippen LogP contribution in [0, 0.1) is 0 Å². The molecule has 9 heteroatoms. The molecular weight excluding hydrogens is 715 g/mol. The van der Waals surface area contributed by atoms with E-state index in [0.717, 1.165) is 54.9 Å². The molecule has 0 atom stereocenters. The highest BCUT2D eigenvalue weighted by Crippen LogP contribution is 2.41. The van der Waals surface area contributed by atoms with E-state index in [0.29, 0.717) is 17.6 Å². The third-order valence-electron chi connectivity index (χ3n) is 11.5. The summed E-state index contributed by atoms with van der Waals surface area (Å²) in [6.45, 7) is 7.33. The number of aliphatic hydroxyl groups is 1. The number of hydrogen-bond donors (Lipinski definition) is 1. The minimum absolute atomic E-state index is 0.526. The van der Waals surface area contributed by atoms with E-state index in [2.05, 4.69) is 118 Å².